The molecule has 0 bridgehead atoms. The Balaban J connectivity index is 1.91. The summed E-state index contributed by atoms with van der Waals surface area (Å²) in [6, 6.07) is 7.23. The fraction of sp³-hybridized carbons (Fsp3) is 0.467. The summed E-state index contributed by atoms with van der Waals surface area (Å²) in [4.78, 5) is 2.54. The van der Waals surface area contributed by atoms with Crippen molar-refractivity contribution in [2.45, 2.75) is 39.2 Å². The van der Waals surface area contributed by atoms with E-state index in [2.05, 4.69) is 47.1 Å². The molecule has 1 unspecified atom stereocenters. The number of aromatic nitrogens is 3. The van der Waals surface area contributed by atoms with Crippen molar-refractivity contribution in [3.63, 3.8) is 0 Å². The molecule has 2 aromatic rings. The van der Waals surface area contributed by atoms with Crippen molar-refractivity contribution in [2.75, 3.05) is 11.4 Å². The average Bonchev–Trinajstić information content (AvgIpc) is 2.94. The number of rotatable bonds is 2. The van der Waals surface area contributed by atoms with Crippen molar-refractivity contribution >= 4 is 5.69 Å². The largest absolute Gasteiger partial charge is 0.369 e. The molecule has 19 heavy (non-hydrogen) atoms. The Morgan fingerprint density at radius 3 is 2.63 bits per heavy atom. The summed E-state index contributed by atoms with van der Waals surface area (Å²) < 4.78 is 1.94. The van der Waals surface area contributed by atoms with E-state index in [1.165, 1.54) is 37.1 Å². The molecule has 1 aromatic heterocycles. The zero-order valence-electron chi connectivity index (χ0n) is 11.6. The molecular formula is C15H20N4. The molecule has 2 heterocycles. The highest BCUT2D eigenvalue weighted by Crippen LogP contribution is 2.28. The van der Waals surface area contributed by atoms with Gasteiger partial charge in [-0.1, -0.05) is 0 Å². The molecule has 0 amide bonds. The van der Waals surface area contributed by atoms with E-state index in [9.17, 15) is 0 Å². The van der Waals surface area contributed by atoms with E-state index in [0.717, 1.165) is 5.69 Å². The predicted molar refractivity (Wildman–Crippen MR) is 76.8 cm³/mol. The molecular weight excluding hydrogens is 236 g/mol. The standard InChI is InChI=1S/C15H20N4/c1-12-9-14(18-10-16-17-11-18)6-7-15(12)19-8-4-3-5-13(19)2/h6-7,9-11,13H,3-5,8H2,1-2H3. The SMILES string of the molecule is Cc1cc(-n2cnnc2)ccc1N1CCCCC1C. The van der Waals surface area contributed by atoms with Gasteiger partial charge < -0.3 is 4.90 Å². The van der Waals surface area contributed by atoms with Gasteiger partial charge in [0.15, 0.2) is 0 Å². The van der Waals surface area contributed by atoms with Crippen molar-refractivity contribution in [3.05, 3.63) is 36.4 Å². The average molecular weight is 256 g/mol. The molecule has 0 aliphatic carbocycles. The first-order chi connectivity index (χ1) is 9.25. The third kappa shape index (κ3) is 2.35. The fourth-order valence-electron chi connectivity index (χ4n) is 2.91. The van der Waals surface area contributed by atoms with Gasteiger partial charge in [-0.05, 0) is 56.9 Å². The van der Waals surface area contributed by atoms with E-state index in [-0.39, 0.29) is 0 Å². The van der Waals surface area contributed by atoms with E-state index in [4.69, 9.17) is 0 Å². The normalized spacial score (nSPS) is 19.7. The molecule has 3 rings (SSSR count). The lowest BCUT2D eigenvalue weighted by molar-refractivity contribution is 0.484. The van der Waals surface area contributed by atoms with Gasteiger partial charge in [-0.25, -0.2) is 0 Å². The summed E-state index contributed by atoms with van der Waals surface area (Å²) in [6.07, 6.45) is 7.43. The van der Waals surface area contributed by atoms with E-state index in [1.54, 1.807) is 12.7 Å². The van der Waals surface area contributed by atoms with Crippen LogP contribution in [0.25, 0.3) is 5.69 Å². The van der Waals surface area contributed by atoms with Crippen LogP contribution in [0.1, 0.15) is 31.7 Å². The second kappa shape index (κ2) is 5.03. The van der Waals surface area contributed by atoms with Crippen LogP contribution in [0.15, 0.2) is 30.9 Å². The minimum Gasteiger partial charge on any atom is -0.369 e. The van der Waals surface area contributed by atoms with E-state index in [0.29, 0.717) is 6.04 Å². The van der Waals surface area contributed by atoms with E-state index >= 15 is 0 Å². The highest BCUT2D eigenvalue weighted by molar-refractivity contribution is 5.58. The summed E-state index contributed by atoms with van der Waals surface area (Å²) in [7, 11) is 0. The number of piperidine rings is 1. The van der Waals surface area contributed by atoms with Crippen LogP contribution >= 0.6 is 0 Å². The van der Waals surface area contributed by atoms with Gasteiger partial charge in [-0.3, -0.25) is 4.57 Å². The molecule has 0 spiro atoms. The Morgan fingerprint density at radius 1 is 1.16 bits per heavy atom. The van der Waals surface area contributed by atoms with Crippen molar-refractivity contribution in [3.8, 4) is 5.69 Å². The first kappa shape index (κ1) is 12.2. The van der Waals surface area contributed by atoms with Crippen molar-refractivity contribution in [1.82, 2.24) is 14.8 Å². The quantitative estimate of drug-likeness (QED) is 0.828. The summed E-state index contributed by atoms with van der Waals surface area (Å²) >= 11 is 0. The monoisotopic (exact) mass is 256 g/mol. The zero-order chi connectivity index (χ0) is 13.2. The van der Waals surface area contributed by atoms with Crippen molar-refractivity contribution in [2.24, 2.45) is 0 Å². The molecule has 0 saturated carbocycles. The Morgan fingerprint density at radius 2 is 1.95 bits per heavy atom. The van der Waals surface area contributed by atoms with Crippen LogP contribution in [0.5, 0.6) is 0 Å². The van der Waals surface area contributed by atoms with Gasteiger partial charge in [0.1, 0.15) is 12.7 Å². The summed E-state index contributed by atoms with van der Waals surface area (Å²) in [6.45, 7) is 5.69. The van der Waals surface area contributed by atoms with E-state index in [1.807, 2.05) is 4.57 Å². The molecule has 100 valence electrons. The Kier molecular flexibility index (Phi) is 3.23. The topological polar surface area (TPSA) is 34.0 Å². The molecule has 1 saturated heterocycles. The molecule has 1 fully saturated rings. The zero-order valence-corrected chi connectivity index (χ0v) is 11.6. The maximum atomic E-state index is 3.86. The lowest BCUT2D eigenvalue weighted by Gasteiger charge is -2.36. The van der Waals surface area contributed by atoms with Gasteiger partial charge in [0, 0.05) is 24.0 Å². The Labute approximate surface area is 114 Å². The third-order valence-corrected chi connectivity index (χ3v) is 4.01. The van der Waals surface area contributed by atoms with Gasteiger partial charge in [-0.15, -0.1) is 10.2 Å². The van der Waals surface area contributed by atoms with Crippen LogP contribution in [-0.4, -0.2) is 27.4 Å². The highest BCUT2D eigenvalue weighted by Gasteiger charge is 2.19. The third-order valence-electron chi connectivity index (χ3n) is 4.01. The fourth-order valence-corrected chi connectivity index (χ4v) is 2.91. The summed E-state index contributed by atoms with van der Waals surface area (Å²) in [5.41, 5.74) is 3.81. The van der Waals surface area contributed by atoms with Gasteiger partial charge in [-0.2, -0.15) is 0 Å². The molecule has 1 aliphatic heterocycles. The summed E-state index contributed by atoms with van der Waals surface area (Å²) in [5, 5.41) is 7.71. The maximum absolute atomic E-state index is 3.86. The van der Waals surface area contributed by atoms with Crippen LogP contribution < -0.4 is 4.90 Å². The predicted octanol–water partition coefficient (Wildman–Crippen LogP) is 2.95. The molecule has 1 atom stereocenters. The highest BCUT2D eigenvalue weighted by atomic mass is 15.2. The van der Waals surface area contributed by atoms with E-state index < -0.39 is 0 Å². The lowest BCUT2D eigenvalue weighted by Crippen LogP contribution is -2.37. The molecule has 1 aliphatic rings. The van der Waals surface area contributed by atoms with Crippen molar-refractivity contribution < 1.29 is 0 Å². The number of hydrogen-bond acceptors (Lipinski definition) is 3. The van der Waals surface area contributed by atoms with Crippen LogP contribution in [0.3, 0.4) is 0 Å². The lowest BCUT2D eigenvalue weighted by atomic mass is 10.0. The second-order valence-electron chi connectivity index (χ2n) is 5.38. The number of anilines is 1. The van der Waals surface area contributed by atoms with Gasteiger partial charge in [0.25, 0.3) is 0 Å². The summed E-state index contributed by atoms with van der Waals surface area (Å²) in [5.74, 6) is 0. The molecule has 4 heteroatoms. The molecule has 1 aromatic carbocycles. The van der Waals surface area contributed by atoms with Gasteiger partial charge >= 0.3 is 0 Å². The van der Waals surface area contributed by atoms with Crippen LogP contribution in [-0.2, 0) is 0 Å². The van der Waals surface area contributed by atoms with Crippen LogP contribution in [0.4, 0.5) is 5.69 Å². The van der Waals surface area contributed by atoms with Crippen LogP contribution in [0.2, 0.25) is 0 Å². The number of aryl methyl sites for hydroxylation is 1. The molecule has 0 radical (unpaired) electrons. The first-order valence-corrected chi connectivity index (χ1v) is 6.98. The number of hydrogen-bond donors (Lipinski definition) is 0. The smallest absolute Gasteiger partial charge is 0.123 e. The maximum Gasteiger partial charge on any atom is 0.123 e. The van der Waals surface area contributed by atoms with Crippen molar-refractivity contribution in [1.29, 1.82) is 0 Å². The number of benzene rings is 1. The molecule has 4 nitrogen and oxygen atoms in total. The Bertz CT molecular complexity index is 547. The van der Waals surface area contributed by atoms with Crippen LogP contribution in [0, 0.1) is 6.92 Å². The minimum atomic E-state index is 0.646. The minimum absolute atomic E-state index is 0.646. The Hall–Kier alpha value is -1.84. The van der Waals surface area contributed by atoms with Gasteiger partial charge in [0.2, 0.25) is 0 Å². The van der Waals surface area contributed by atoms with Gasteiger partial charge in [0.05, 0.1) is 0 Å². The number of nitrogens with zero attached hydrogens (tertiary/aromatic N) is 4. The second-order valence-corrected chi connectivity index (χ2v) is 5.38. The molecule has 0 N–H and O–H groups in total. The first-order valence-electron chi connectivity index (χ1n) is 6.98.